The van der Waals surface area contributed by atoms with Crippen molar-refractivity contribution in [2.75, 3.05) is 11.4 Å². The Balaban J connectivity index is 2.10. The maximum absolute atomic E-state index is 12.1. The van der Waals surface area contributed by atoms with Crippen molar-refractivity contribution in [3.8, 4) is 0 Å². The first-order valence-electron chi connectivity index (χ1n) is 7.21. The third-order valence-corrected chi connectivity index (χ3v) is 3.56. The van der Waals surface area contributed by atoms with Crippen LogP contribution in [-0.4, -0.2) is 24.4 Å². The highest BCUT2D eigenvalue weighted by Crippen LogP contribution is 2.26. The number of nitrogens with zero attached hydrogens (tertiary/aromatic N) is 1. The zero-order valence-corrected chi connectivity index (χ0v) is 12.3. The number of hydrogen-bond donors (Lipinski definition) is 1. The first-order chi connectivity index (χ1) is 9.51. The van der Waals surface area contributed by atoms with Crippen LogP contribution in [-0.2, 0) is 16.0 Å². The first-order valence-corrected chi connectivity index (χ1v) is 7.21. The van der Waals surface area contributed by atoms with Crippen LogP contribution in [0.25, 0.3) is 0 Å². The molecule has 0 bridgehead atoms. The van der Waals surface area contributed by atoms with Crippen molar-refractivity contribution in [2.45, 2.75) is 39.7 Å². The van der Waals surface area contributed by atoms with Crippen LogP contribution >= 0.6 is 0 Å². The zero-order valence-electron chi connectivity index (χ0n) is 12.3. The summed E-state index contributed by atoms with van der Waals surface area (Å²) in [6.45, 7) is 6.42. The molecule has 0 aliphatic carbocycles. The Labute approximate surface area is 120 Å². The molecule has 4 heteroatoms. The lowest BCUT2D eigenvalue weighted by atomic mass is 10.1. The molecule has 1 atom stereocenters. The summed E-state index contributed by atoms with van der Waals surface area (Å²) in [5, 5.41) is 2.88. The van der Waals surface area contributed by atoms with Gasteiger partial charge in [0, 0.05) is 24.7 Å². The fraction of sp³-hybridized carbons (Fsp3) is 0.500. The van der Waals surface area contributed by atoms with Crippen molar-refractivity contribution in [1.82, 2.24) is 5.32 Å². The van der Waals surface area contributed by atoms with E-state index in [0.29, 0.717) is 13.0 Å². The normalized spacial score (nSPS) is 18.7. The van der Waals surface area contributed by atoms with Gasteiger partial charge in [-0.3, -0.25) is 9.59 Å². The number of aryl methyl sites for hydroxylation is 1. The average molecular weight is 274 g/mol. The van der Waals surface area contributed by atoms with Crippen molar-refractivity contribution in [1.29, 1.82) is 0 Å². The summed E-state index contributed by atoms with van der Waals surface area (Å²) < 4.78 is 0. The van der Waals surface area contributed by atoms with E-state index >= 15 is 0 Å². The summed E-state index contributed by atoms with van der Waals surface area (Å²) in [4.78, 5) is 25.9. The van der Waals surface area contributed by atoms with Crippen molar-refractivity contribution < 1.29 is 9.59 Å². The van der Waals surface area contributed by atoms with E-state index in [-0.39, 0.29) is 23.8 Å². The number of anilines is 1. The topological polar surface area (TPSA) is 49.4 Å². The molecule has 1 fully saturated rings. The highest BCUT2D eigenvalue weighted by Gasteiger charge is 2.35. The molecule has 0 radical (unpaired) electrons. The summed E-state index contributed by atoms with van der Waals surface area (Å²) >= 11 is 0. The molecule has 0 saturated carbocycles. The molecule has 2 amide bonds. The molecular weight excluding hydrogens is 252 g/mol. The number of rotatable bonds is 4. The Kier molecular flexibility index (Phi) is 4.42. The predicted molar refractivity (Wildman–Crippen MR) is 79.6 cm³/mol. The van der Waals surface area contributed by atoms with Gasteiger partial charge in [-0.25, -0.2) is 0 Å². The first kappa shape index (κ1) is 14.6. The lowest BCUT2D eigenvalue weighted by Gasteiger charge is -2.18. The van der Waals surface area contributed by atoms with Crippen LogP contribution in [0.3, 0.4) is 0 Å². The number of carbonyl (C=O) groups is 2. The Morgan fingerprint density at radius 2 is 2.20 bits per heavy atom. The fourth-order valence-corrected chi connectivity index (χ4v) is 2.48. The molecule has 2 rings (SSSR count). The second-order valence-electron chi connectivity index (χ2n) is 5.59. The van der Waals surface area contributed by atoms with Crippen molar-refractivity contribution in [3.05, 3.63) is 29.8 Å². The third-order valence-electron chi connectivity index (χ3n) is 3.56. The van der Waals surface area contributed by atoms with E-state index in [1.54, 1.807) is 4.90 Å². The molecule has 1 heterocycles. The quantitative estimate of drug-likeness (QED) is 0.914. The Morgan fingerprint density at radius 1 is 1.45 bits per heavy atom. The van der Waals surface area contributed by atoms with E-state index in [9.17, 15) is 9.59 Å². The van der Waals surface area contributed by atoms with Crippen LogP contribution < -0.4 is 10.2 Å². The lowest BCUT2D eigenvalue weighted by molar-refractivity contribution is -0.126. The number of hydrogen-bond acceptors (Lipinski definition) is 2. The summed E-state index contributed by atoms with van der Waals surface area (Å²) in [6, 6.07) is 8.08. The Bertz CT molecular complexity index is 511. The van der Waals surface area contributed by atoms with Crippen LogP contribution in [0.4, 0.5) is 5.69 Å². The minimum atomic E-state index is -0.241. The van der Waals surface area contributed by atoms with Crippen molar-refractivity contribution >= 4 is 17.5 Å². The predicted octanol–water partition coefficient (Wildman–Crippen LogP) is 2.13. The van der Waals surface area contributed by atoms with E-state index in [1.807, 2.05) is 38.1 Å². The SMILES string of the molecule is CCc1cccc(N2CC(C(=O)NC(C)C)CC2=O)c1. The highest BCUT2D eigenvalue weighted by atomic mass is 16.2. The molecule has 0 aromatic heterocycles. The fourth-order valence-electron chi connectivity index (χ4n) is 2.48. The van der Waals surface area contributed by atoms with E-state index in [0.717, 1.165) is 12.1 Å². The smallest absolute Gasteiger partial charge is 0.227 e. The molecule has 1 aliphatic rings. The van der Waals surface area contributed by atoms with Gasteiger partial charge < -0.3 is 10.2 Å². The summed E-state index contributed by atoms with van der Waals surface area (Å²) in [6.07, 6.45) is 1.24. The molecular formula is C16H22N2O2. The molecule has 0 spiro atoms. The van der Waals surface area contributed by atoms with E-state index in [4.69, 9.17) is 0 Å². The lowest BCUT2D eigenvalue weighted by Crippen LogP contribution is -2.36. The van der Waals surface area contributed by atoms with E-state index in [2.05, 4.69) is 12.2 Å². The van der Waals surface area contributed by atoms with E-state index in [1.165, 1.54) is 5.56 Å². The monoisotopic (exact) mass is 274 g/mol. The molecule has 108 valence electrons. The second-order valence-corrected chi connectivity index (χ2v) is 5.59. The summed E-state index contributed by atoms with van der Waals surface area (Å²) in [5.74, 6) is -0.236. The largest absolute Gasteiger partial charge is 0.354 e. The summed E-state index contributed by atoms with van der Waals surface area (Å²) in [5.41, 5.74) is 2.10. The number of benzene rings is 1. The van der Waals surface area contributed by atoms with Gasteiger partial charge in [0.05, 0.1) is 5.92 Å². The second kappa shape index (κ2) is 6.07. The van der Waals surface area contributed by atoms with Crippen molar-refractivity contribution in [2.24, 2.45) is 5.92 Å². The van der Waals surface area contributed by atoms with Gasteiger partial charge >= 0.3 is 0 Å². The van der Waals surface area contributed by atoms with Gasteiger partial charge in [0.15, 0.2) is 0 Å². The maximum Gasteiger partial charge on any atom is 0.227 e. The van der Waals surface area contributed by atoms with Gasteiger partial charge in [-0.15, -0.1) is 0 Å². The molecule has 4 nitrogen and oxygen atoms in total. The van der Waals surface area contributed by atoms with Gasteiger partial charge in [-0.2, -0.15) is 0 Å². The van der Waals surface area contributed by atoms with Gasteiger partial charge in [0.25, 0.3) is 0 Å². The van der Waals surface area contributed by atoms with Gasteiger partial charge in [0.2, 0.25) is 11.8 Å². The molecule has 1 unspecified atom stereocenters. The van der Waals surface area contributed by atoms with Crippen LogP contribution in [0.5, 0.6) is 0 Å². The molecule has 1 saturated heterocycles. The van der Waals surface area contributed by atoms with Gasteiger partial charge in [-0.05, 0) is 38.0 Å². The summed E-state index contributed by atoms with van der Waals surface area (Å²) in [7, 11) is 0. The molecule has 1 N–H and O–H groups in total. The number of nitrogens with one attached hydrogen (secondary N) is 1. The zero-order chi connectivity index (χ0) is 14.7. The Hall–Kier alpha value is -1.84. The minimum absolute atomic E-state index is 0.0255. The third kappa shape index (κ3) is 3.18. The standard InChI is InChI=1S/C16H22N2O2/c1-4-12-6-5-7-14(8-12)18-10-13(9-15(18)19)16(20)17-11(2)3/h5-8,11,13H,4,9-10H2,1-3H3,(H,17,20). The Morgan fingerprint density at radius 3 is 2.85 bits per heavy atom. The van der Waals surface area contributed by atoms with Crippen LogP contribution in [0, 0.1) is 5.92 Å². The average Bonchev–Trinajstić information content (AvgIpc) is 2.80. The van der Waals surface area contributed by atoms with Crippen LogP contribution in [0.1, 0.15) is 32.8 Å². The van der Waals surface area contributed by atoms with Gasteiger partial charge in [-0.1, -0.05) is 19.1 Å². The molecule has 1 aliphatic heterocycles. The number of amides is 2. The molecule has 1 aromatic rings. The number of carbonyl (C=O) groups excluding carboxylic acids is 2. The minimum Gasteiger partial charge on any atom is -0.354 e. The maximum atomic E-state index is 12.1. The molecule has 1 aromatic carbocycles. The highest BCUT2D eigenvalue weighted by molar-refractivity contribution is 6.00. The van der Waals surface area contributed by atoms with E-state index < -0.39 is 0 Å². The van der Waals surface area contributed by atoms with Crippen LogP contribution in [0.15, 0.2) is 24.3 Å². The van der Waals surface area contributed by atoms with Gasteiger partial charge in [0.1, 0.15) is 0 Å². The molecule has 20 heavy (non-hydrogen) atoms. The van der Waals surface area contributed by atoms with Crippen molar-refractivity contribution in [3.63, 3.8) is 0 Å². The van der Waals surface area contributed by atoms with Crippen LogP contribution in [0.2, 0.25) is 0 Å².